The monoisotopic (exact) mass is 491 g/mol. The molecule has 0 spiro atoms. The van der Waals surface area contributed by atoms with Gasteiger partial charge in [-0.15, -0.1) is 0 Å². The SMILES string of the molecule is COc1ccccc1OCCCOc1ccccc1C=C1SC(=S)N(c2cccc(C)c2)C1=O. The van der Waals surface area contributed by atoms with E-state index in [1.54, 1.807) is 12.0 Å². The van der Waals surface area contributed by atoms with Gasteiger partial charge in [0.15, 0.2) is 15.8 Å². The number of carbonyl (C=O) groups excluding carboxylic acids is 1. The highest BCUT2D eigenvalue weighted by Crippen LogP contribution is 2.37. The fourth-order valence-electron chi connectivity index (χ4n) is 3.49. The molecule has 1 saturated heterocycles. The van der Waals surface area contributed by atoms with Gasteiger partial charge in [-0.2, -0.15) is 0 Å². The quantitative estimate of drug-likeness (QED) is 0.200. The fourth-order valence-corrected chi connectivity index (χ4v) is 4.78. The largest absolute Gasteiger partial charge is 0.493 e. The molecule has 1 amide bonds. The van der Waals surface area contributed by atoms with Gasteiger partial charge in [0.1, 0.15) is 5.75 Å². The summed E-state index contributed by atoms with van der Waals surface area (Å²) in [5.41, 5.74) is 2.69. The number of aryl methyl sites for hydroxylation is 1. The summed E-state index contributed by atoms with van der Waals surface area (Å²) in [5.74, 6) is 2.00. The molecule has 0 bridgehead atoms. The summed E-state index contributed by atoms with van der Waals surface area (Å²) in [6, 6.07) is 23.0. The number of rotatable bonds is 9. The van der Waals surface area contributed by atoms with E-state index in [9.17, 15) is 4.79 Å². The van der Waals surface area contributed by atoms with Gasteiger partial charge in [0.2, 0.25) is 0 Å². The maximum absolute atomic E-state index is 13.1. The van der Waals surface area contributed by atoms with Crippen LogP contribution in [0.25, 0.3) is 6.08 Å². The number of benzene rings is 3. The van der Waals surface area contributed by atoms with Crippen LogP contribution in [0.1, 0.15) is 17.5 Å². The van der Waals surface area contributed by atoms with Crippen molar-refractivity contribution in [2.45, 2.75) is 13.3 Å². The highest BCUT2D eigenvalue weighted by Gasteiger charge is 2.33. The molecular weight excluding hydrogens is 466 g/mol. The predicted molar refractivity (Wildman–Crippen MR) is 142 cm³/mol. The second-order valence-electron chi connectivity index (χ2n) is 7.60. The lowest BCUT2D eigenvalue weighted by Crippen LogP contribution is -2.27. The molecule has 3 aromatic rings. The average Bonchev–Trinajstić information content (AvgIpc) is 3.12. The second-order valence-corrected chi connectivity index (χ2v) is 9.27. The topological polar surface area (TPSA) is 48.0 Å². The van der Waals surface area contributed by atoms with Crippen LogP contribution in [-0.4, -0.2) is 30.6 Å². The summed E-state index contributed by atoms with van der Waals surface area (Å²) in [7, 11) is 1.62. The highest BCUT2D eigenvalue weighted by molar-refractivity contribution is 8.27. The predicted octanol–water partition coefficient (Wildman–Crippen LogP) is 6.26. The van der Waals surface area contributed by atoms with Crippen LogP contribution in [0.4, 0.5) is 5.69 Å². The van der Waals surface area contributed by atoms with Crippen LogP contribution in [0.2, 0.25) is 0 Å². The number of ether oxygens (including phenoxy) is 3. The first-order chi connectivity index (χ1) is 16.6. The second kappa shape index (κ2) is 11.2. The van der Waals surface area contributed by atoms with Crippen LogP contribution in [0.15, 0.2) is 77.7 Å². The molecule has 1 aliphatic heterocycles. The number of para-hydroxylation sites is 3. The fraction of sp³-hybridized carbons (Fsp3) is 0.185. The summed E-state index contributed by atoms with van der Waals surface area (Å²) in [5, 5.41) is 0. The Morgan fingerprint density at radius 1 is 0.912 bits per heavy atom. The maximum Gasteiger partial charge on any atom is 0.270 e. The van der Waals surface area contributed by atoms with E-state index in [-0.39, 0.29) is 5.91 Å². The third kappa shape index (κ3) is 5.61. The Morgan fingerprint density at radius 2 is 1.59 bits per heavy atom. The summed E-state index contributed by atoms with van der Waals surface area (Å²) in [4.78, 5) is 15.3. The Kier molecular flexibility index (Phi) is 7.87. The minimum absolute atomic E-state index is 0.124. The van der Waals surface area contributed by atoms with Gasteiger partial charge in [0.25, 0.3) is 5.91 Å². The number of hydrogen-bond acceptors (Lipinski definition) is 6. The number of nitrogens with zero attached hydrogens (tertiary/aromatic N) is 1. The summed E-state index contributed by atoms with van der Waals surface area (Å²) in [6.07, 6.45) is 2.54. The number of thiocarbonyl (C=S) groups is 1. The molecule has 0 unspecified atom stereocenters. The van der Waals surface area contributed by atoms with Crippen LogP contribution >= 0.6 is 24.0 Å². The molecular formula is C27H25NO4S2. The molecule has 34 heavy (non-hydrogen) atoms. The average molecular weight is 492 g/mol. The normalized spacial score (nSPS) is 14.5. The lowest BCUT2D eigenvalue weighted by atomic mass is 10.1. The van der Waals surface area contributed by atoms with Gasteiger partial charge in [-0.1, -0.05) is 66.4 Å². The van der Waals surface area contributed by atoms with Gasteiger partial charge < -0.3 is 14.2 Å². The lowest BCUT2D eigenvalue weighted by Gasteiger charge is -2.15. The Labute approximate surface area is 209 Å². The van der Waals surface area contributed by atoms with Crippen molar-refractivity contribution in [2.24, 2.45) is 0 Å². The van der Waals surface area contributed by atoms with Crippen molar-refractivity contribution in [3.8, 4) is 17.2 Å². The van der Waals surface area contributed by atoms with Crippen LogP contribution in [-0.2, 0) is 4.79 Å². The molecule has 0 N–H and O–H groups in total. The molecule has 0 saturated carbocycles. The van der Waals surface area contributed by atoms with Crippen LogP contribution < -0.4 is 19.1 Å². The smallest absolute Gasteiger partial charge is 0.270 e. The molecule has 174 valence electrons. The van der Waals surface area contributed by atoms with E-state index in [0.717, 1.165) is 16.8 Å². The van der Waals surface area contributed by atoms with Crippen molar-refractivity contribution in [3.05, 3.63) is 88.8 Å². The zero-order chi connectivity index (χ0) is 23.9. The van der Waals surface area contributed by atoms with Gasteiger partial charge in [-0.25, -0.2) is 0 Å². The first-order valence-electron chi connectivity index (χ1n) is 10.9. The Morgan fingerprint density at radius 3 is 2.32 bits per heavy atom. The lowest BCUT2D eigenvalue weighted by molar-refractivity contribution is -0.113. The Bertz CT molecular complexity index is 1220. The summed E-state index contributed by atoms with van der Waals surface area (Å²) < 4.78 is 17.6. The highest BCUT2D eigenvalue weighted by atomic mass is 32.2. The molecule has 0 aromatic heterocycles. The molecule has 3 aromatic carbocycles. The van der Waals surface area contributed by atoms with E-state index in [1.165, 1.54) is 11.8 Å². The summed E-state index contributed by atoms with van der Waals surface area (Å²) >= 11 is 6.80. The van der Waals surface area contributed by atoms with Gasteiger partial charge in [0, 0.05) is 12.0 Å². The molecule has 0 radical (unpaired) electrons. The maximum atomic E-state index is 13.1. The van der Waals surface area contributed by atoms with E-state index >= 15 is 0 Å². The number of methoxy groups -OCH3 is 1. The van der Waals surface area contributed by atoms with E-state index < -0.39 is 0 Å². The van der Waals surface area contributed by atoms with E-state index in [1.807, 2.05) is 85.8 Å². The molecule has 7 heteroatoms. The summed E-state index contributed by atoms with van der Waals surface area (Å²) in [6.45, 7) is 2.97. The first-order valence-corrected chi connectivity index (χ1v) is 12.1. The first kappa shape index (κ1) is 23.9. The van der Waals surface area contributed by atoms with Gasteiger partial charge >= 0.3 is 0 Å². The number of amides is 1. The van der Waals surface area contributed by atoms with Crippen molar-refractivity contribution in [2.75, 3.05) is 25.2 Å². The standard InChI is InChI=1S/C27H25NO4S2/c1-19-9-7-11-21(17-19)28-26(29)25(34-27(28)33)18-20-10-3-4-12-22(20)31-15-8-16-32-24-14-6-5-13-23(24)30-2/h3-7,9-14,17-18H,8,15-16H2,1-2H3. The van der Waals surface area contributed by atoms with Gasteiger partial charge in [-0.05, 0) is 48.9 Å². The third-order valence-electron chi connectivity index (χ3n) is 5.13. The van der Waals surface area contributed by atoms with E-state index in [2.05, 4.69) is 0 Å². The third-order valence-corrected chi connectivity index (χ3v) is 6.43. The number of anilines is 1. The van der Waals surface area contributed by atoms with Crippen LogP contribution in [0.5, 0.6) is 17.2 Å². The van der Waals surface area contributed by atoms with Crippen molar-refractivity contribution < 1.29 is 19.0 Å². The molecule has 1 aliphatic rings. The van der Waals surface area contributed by atoms with Crippen molar-refractivity contribution in [1.29, 1.82) is 0 Å². The Balaban J connectivity index is 1.39. The zero-order valence-electron chi connectivity index (χ0n) is 19.0. The van der Waals surface area contributed by atoms with Crippen LogP contribution in [0.3, 0.4) is 0 Å². The van der Waals surface area contributed by atoms with E-state index in [0.29, 0.717) is 46.1 Å². The minimum Gasteiger partial charge on any atom is -0.493 e. The van der Waals surface area contributed by atoms with Crippen molar-refractivity contribution in [3.63, 3.8) is 0 Å². The number of hydrogen-bond donors (Lipinski definition) is 0. The molecule has 4 rings (SSSR count). The van der Waals surface area contributed by atoms with Crippen LogP contribution in [0, 0.1) is 6.92 Å². The minimum atomic E-state index is -0.124. The molecule has 5 nitrogen and oxygen atoms in total. The molecule has 0 atom stereocenters. The Hall–Kier alpha value is -3.29. The molecule has 1 heterocycles. The van der Waals surface area contributed by atoms with Crippen molar-refractivity contribution >= 4 is 46.0 Å². The molecule has 0 aliphatic carbocycles. The van der Waals surface area contributed by atoms with E-state index in [4.69, 9.17) is 26.4 Å². The van der Waals surface area contributed by atoms with Gasteiger partial charge in [-0.3, -0.25) is 9.69 Å². The zero-order valence-corrected chi connectivity index (χ0v) is 20.7. The number of carbonyl (C=O) groups is 1. The number of thioether (sulfide) groups is 1. The van der Waals surface area contributed by atoms with Crippen molar-refractivity contribution in [1.82, 2.24) is 0 Å². The molecule has 1 fully saturated rings. The van der Waals surface area contributed by atoms with Gasteiger partial charge in [0.05, 0.1) is 30.9 Å².